The maximum absolute atomic E-state index is 6.52. The van der Waals surface area contributed by atoms with Gasteiger partial charge in [0.15, 0.2) is 11.6 Å². The normalized spacial score (nSPS) is 13.8. The second-order valence-corrected chi connectivity index (χ2v) is 17.9. The zero-order valence-electron chi connectivity index (χ0n) is 36.0. The summed E-state index contributed by atoms with van der Waals surface area (Å²) in [5.74, 6) is 2.05. The third kappa shape index (κ3) is 5.82. The molecular formula is C58H40N4O2S. The van der Waals surface area contributed by atoms with Crippen molar-refractivity contribution in [1.29, 1.82) is 0 Å². The van der Waals surface area contributed by atoms with Crippen molar-refractivity contribution in [1.82, 2.24) is 19.5 Å². The molecule has 6 nitrogen and oxygen atoms in total. The molecule has 0 amide bonds. The minimum absolute atomic E-state index is 0.425. The van der Waals surface area contributed by atoms with E-state index in [0.29, 0.717) is 23.5 Å². The zero-order chi connectivity index (χ0) is 43.3. The fourth-order valence-corrected chi connectivity index (χ4v) is 11.1. The van der Waals surface area contributed by atoms with Crippen LogP contribution < -0.4 is 10.6 Å². The first-order chi connectivity index (χ1) is 32.1. The van der Waals surface area contributed by atoms with E-state index in [1.807, 2.05) is 43.4 Å². The van der Waals surface area contributed by atoms with Crippen molar-refractivity contribution < 1.29 is 8.83 Å². The van der Waals surface area contributed by atoms with Crippen molar-refractivity contribution in [2.24, 2.45) is 5.92 Å². The average molecular weight is 857 g/mol. The van der Waals surface area contributed by atoms with Gasteiger partial charge >= 0.3 is 0 Å². The van der Waals surface area contributed by atoms with Crippen LogP contribution in [-0.4, -0.2) is 19.5 Å². The largest absolute Gasteiger partial charge is 0.456 e. The summed E-state index contributed by atoms with van der Waals surface area (Å²) in [5.41, 5.74) is 9.35. The van der Waals surface area contributed by atoms with Crippen LogP contribution in [0.1, 0.15) is 27.2 Å². The molecule has 1 aliphatic carbocycles. The van der Waals surface area contributed by atoms with Gasteiger partial charge in [0.05, 0.1) is 11.0 Å². The fraction of sp³-hybridized carbons (Fsp3) is 0.0862. The molecule has 0 radical (unpaired) electrons. The highest BCUT2D eigenvalue weighted by atomic mass is 32.1. The van der Waals surface area contributed by atoms with Crippen LogP contribution in [0, 0.1) is 5.92 Å². The van der Waals surface area contributed by atoms with Crippen molar-refractivity contribution in [2.75, 3.05) is 0 Å². The van der Waals surface area contributed by atoms with Crippen molar-refractivity contribution >= 4 is 109 Å². The van der Waals surface area contributed by atoms with Crippen LogP contribution in [-0.2, 0) is 0 Å². The molecule has 7 heteroatoms. The predicted molar refractivity (Wildman–Crippen MR) is 271 cm³/mol. The highest BCUT2D eigenvalue weighted by Gasteiger charge is 2.23. The third-order valence-corrected chi connectivity index (χ3v) is 14.1. The highest BCUT2D eigenvalue weighted by molar-refractivity contribution is 7.25. The van der Waals surface area contributed by atoms with Crippen molar-refractivity contribution in [3.8, 4) is 39.9 Å². The van der Waals surface area contributed by atoms with E-state index in [9.17, 15) is 0 Å². The Labute approximate surface area is 377 Å². The maximum Gasteiger partial charge on any atom is 0.238 e. The molecule has 0 saturated heterocycles. The standard InChI is InChI=1S/C56H34N4O2S.C2H6/c1-31-17-22-39-41-24-20-35(30-49(41)62-47(39)27-31)55-57-54(34-19-23-40-38-11-4-6-15-46(38)61-48(40)29-34)58-56(59-55)60-52-36-10-3-2-9-32(36)18-25-44(52)43-14-8-13-37(53(43)60)33-21-26-51-45(28-33)42-12-5-7-16-50(42)63-51;1-2/h2-16,18-31H,17H2,1H3;1-2H3. The van der Waals surface area contributed by atoms with E-state index in [4.69, 9.17) is 23.8 Å². The molecule has 1 atom stereocenters. The average Bonchev–Trinajstić information content (AvgIpc) is 4.12. The monoisotopic (exact) mass is 856 g/mol. The summed E-state index contributed by atoms with van der Waals surface area (Å²) in [5, 5.41) is 11.4. The van der Waals surface area contributed by atoms with E-state index >= 15 is 0 Å². The number of rotatable bonds is 4. The Morgan fingerprint density at radius 1 is 0.508 bits per heavy atom. The lowest BCUT2D eigenvalue weighted by molar-refractivity contribution is 0.565. The molecule has 0 N–H and O–H groups in total. The van der Waals surface area contributed by atoms with Gasteiger partial charge in [-0.2, -0.15) is 9.97 Å². The van der Waals surface area contributed by atoms with Crippen LogP contribution in [0.25, 0.3) is 138 Å². The fourth-order valence-electron chi connectivity index (χ4n) is 9.98. The van der Waals surface area contributed by atoms with E-state index in [1.54, 1.807) is 0 Å². The predicted octanol–water partition coefficient (Wildman–Crippen LogP) is 14.8. The Kier molecular flexibility index (Phi) is 8.45. The molecular weight excluding hydrogens is 817 g/mol. The van der Waals surface area contributed by atoms with Gasteiger partial charge in [-0.1, -0.05) is 136 Å². The smallest absolute Gasteiger partial charge is 0.238 e. The summed E-state index contributed by atoms with van der Waals surface area (Å²) in [4.78, 5) is 16.2. The number of nitrogens with zero attached hydrogens (tertiary/aromatic N) is 4. The number of benzene rings is 8. The molecule has 0 aliphatic heterocycles. The molecule has 0 saturated carbocycles. The first kappa shape index (κ1) is 37.7. The topological polar surface area (TPSA) is 69.9 Å². The summed E-state index contributed by atoms with van der Waals surface area (Å²) in [7, 11) is 0. The number of hydrogen-bond donors (Lipinski definition) is 0. The highest BCUT2D eigenvalue weighted by Crippen LogP contribution is 2.43. The molecule has 13 aromatic rings. The lowest BCUT2D eigenvalue weighted by Crippen LogP contribution is -2.24. The van der Waals surface area contributed by atoms with Crippen LogP contribution in [0.4, 0.5) is 0 Å². The molecule has 65 heavy (non-hydrogen) atoms. The van der Waals surface area contributed by atoms with Crippen LogP contribution in [0.2, 0.25) is 0 Å². The van der Waals surface area contributed by atoms with Gasteiger partial charge in [-0.05, 0) is 77.9 Å². The Hall–Kier alpha value is -7.87. The van der Waals surface area contributed by atoms with Gasteiger partial charge in [0, 0.05) is 74.4 Å². The summed E-state index contributed by atoms with van der Waals surface area (Å²) >= 11 is 1.83. The minimum atomic E-state index is 0.425. The molecule has 1 unspecified atom stereocenters. The lowest BCUT2D eigenvalue weighted by Gasteiger charge is -2.14. The van der Waals surface area contributed by atoms with E-state index < -0.39 is 0 Å². The summed E-state index contributed by atoms with van der Waals surface area (Å²) in [6.45, 7) is 6.22. The molecule has 5 heterocycles. The molecule has 310 valence electrons. The van der Waals surface area contributed by atoms with E-state index in [0.717, 1.165) is 105 Å². The molecule has 0 fully saturated rings. The number of hydrogen-bond acceptors (Lipinski definition) is 6. The van der Waals surface area contributed by atoms with E-state index in [2.05, 4.69) is 163 Å². The quantitative estimate of drug-likeness (QED) is 0.176. The van der Waals surface area contributed by atoms with Crippen LogP contribution in [0.5, 0.6) is 0 Å². The van der Waals surface area contributed by atoms with Crippen molar-refractivity contribution in [2.45, 2.75) is 27.2 Å². The molecule has 0 spiro atoms. The Balaban J connectivity index is 0.00000209. The summed E-state index contributed by atoms with van der Waals surface area (Å²) < 4.78 is 17.8. The number of para-hydroxylation sites is 2. The van der Waals surface area contributed by atoms with Gasteiger partial charge in [-0.15, -0.1) is 11.3 Å². The van der Waals surface area contributed by atoms with Gasteiger partial charge in [-0.25, -0.2) is 4.98 Å². The molecule has 14 rings (SSSR count). The molecule has 0 bridgehead atoms. The van der Waals surface area contributed by atoms with Gasteiger partial charge < -0.3 is 8.83 Å². The number of fused-ring (bicyclic) bond motifs is 14. The Morgan fingerprint density at radius 3 is 2.00 bits per heavy atom. The summed E-state index contributed by atoms with van der Waals surface area (Å²) in [6, 6.07) is 56.0. The zero-order valence-corrected chi connectivity index (χ0v) is 36.8. The van der Waals surface area contributed by atoms with E-state index in [1.165, 1.54) is 20.2 Å². The van der Waals surface area contributed by atoms with Crippen molar-refractivity contribution in [3.05, 3.63) is 168 Å². The second kappa shape index (κ2) is 14.6. The van der Waals surface area contributed by atoms with Crippen LogP contribution in [0.15, 0.2) is 167 Å². The Morgan fingerprint density at radius 2 is 1.15 bits per heavy atom. The van der Waals surface area contributed by atoms with Crippen LogP contribution in [0.3, 0.4) is 0 Å². The van der Waals surface area contributed by atoms with Crippen LogP contribution >= 0.6 is 11.3 Å². The van der Waals surface area contributed by atoms with Gasteiger partial charge in [-0.3, -0.25) is 4.57 Å². The summed E-state index contributed by atoms with van der Waals surface area (Å²) in [6.07, 6.45) is 5.51. The second-order valence-electron chi connectivity index (χ2n) is 16.8. The Bertz CT molecular complexity index is 4230. The first-order valence-corrected chi connectivity index (χ1v) is 23.2. The first-order valence-electron chi connectivity index (χ1n) is 22.4. The van der Waals surface area contributed by atoms with Crippen molar-refractivity contribution in [3.63, 3.8) is 0 Å². The maximum atomic E-state index is 6.52. The SMILES string of the molecule is CC.CC1C=c2oc3cc(-c4nc(-c5ccc6c(c5)oc5ccccc56)nc(-n5c6c(-c7ccc8sc9ccccc9c8c7)cccc6c6ccc7ccccc7c65)n4)ccc3c2=CC1. The molecule has 1 aliphatic rings. The lowest BCUT2D eigenvalue weighted by atomic mass is 9.99. The number of aromatic nitrogens is 4. The molecule has 8 aromatic carbocycles. The number of thiophene rings is 1. The number of furan rings is 2. The third-order valence-electron chi connectivity index (χ3n) is 13.0. The van der Waals surface area contributed by atoms with Gasteiger partial charge in [0.2, 0.25) is 5.95 Å². The minimum Gasteiger partial charge on any atom is -0.456 e. The van der Waals surface area contributed by atoms with Gasteiger partial charge in [0.25, 0.3) is 0 Å². The van der Waals surface area contributed by atoms with E-state index in [-0.39, 0.29) is 0 Å². The van der Waals surface area contributed by atoms with Gasteiger partial charge in [0.1, 0.15) is 22.2 Å². The molecule has 5 aromatic heterocycles.